The molecule has 0 aliphatic heterocycles. The van der Waals surface area contributed by atoms with E-state index in [1.165, 1.54) is 0 Å². The minimum atomic E-state index is 0.0313. The van der Waals surface area contributed by atoms with Crippen LogP contribution in [0, 0.1) is 6.92 Å². The van der Waals surface area contributed by atoms with Gasteiger partial charge in [-0.15, -0.1) is 0 Å². The Morgan fingerprint density at radius 2 is 2.16 bits per heavy atom. The number of hydrogen-bond acceptors (Lipinski definition) is 4. The van der Waals surface area contributed by atoms with Gasteiger partial charge in [0, 0.05) is 20.1 Å². The third kappa shape index (κ3) is 3.92. The molecule has 0 aliphatic rings. The maximum Gasteiger partial charge on any atom is 0.0847 e. The Hall–Kier alpha value is -0.620. The maximum absolute atomic E-state index is 6.33. The lowest BCUT2D eigenvalue weighted by atomic mass is 10.0. The van der Waals surface area contributed by atoms with Crippen molar-refractivity contribution in [1.29, 1.82) is 0 Å². The lowest BCUT2D eigenvalue weighted by Gasteiger charge is -2.25. The first-order chi connectivity index (χ1) is 9.08. The van der Waals surface area contributed by atoms with E-state index in [9.17, 15) is 0 Å². The molecule has 1 aromatic heterocycles. The van der Waals surface area contributed by atoms with Crippen molar-refractivity contribution in [2.45, 2.75) is 58.7 Å². The fourth-order valence-corrected chi connectivity index (χ4v) is 2.55. The topological polar surface area (TPSA) is 65.1 Å². The zero-order chi connectivity index (χ0) is 14.4. The molecule has 110 valence electrons. The Labute approximate surface area is 120 Å². The van der Waals surface area contributed by atoms with Crippen LogP contribution in [-0.4, -0.2) is 29.0 Å². The van der Waals surface area contributed by atoms with Crippen LogP contribution in [0.2, 0.25) is 5.02 Å². The Bertz CT molecular complexity index is 394. The molecule has 0 bridgehead atoms. The number of nitrogens with two attached hydrogens (primary N) is 1. The number of aromatic nitrogens is 2. The molecule has 1 aromatic rings. The van der Waals surface area contributed by atoms with Crippen molar-refractivity contribution in [1.82, 2.24) is 15.2 Å². The quantitative estimate of drug-likeness (QED) is 0.568. The molecular formula is C13H25ClN4O. The molecule has 1 rings (SSSR count). The van der Waals surface area contributed by atoms with Crippen LogP contribution >= 0.6 is 11.6 Å². The summed E-state index contributed by atoms with van der Waals surface area (Å²) in [6.45, 7) is 6.90. The van der Waals surface area contributed by atoms with Gasteiger partial charge >= 0.3 is 0 Å². The Balaban J connectivity index is 2.91. The van der Waals surface area contributed by atoms with E-state index in [0.29, 0.717) is 6.42 Å². The highest BCUT2D eigenvalue weighted by Crippen LogP contribution is 2.23. The highest BCUT2D eigenvalue weighted by atomic mass is 35.5. The highest BCUT2D eigenvalue weighted by Gasteiger charge is 2.23. The van der Waals surface area contributed by atoms with Gasteiger partial charge in [-0.25, -0.2) is 0 Å². The molecule has 5 nitrogen and oxygen atoms in total. The Morgan fingerprint density at radius 3 is 2.63 bits per heavy atom. The molecule has 2 atom stereocenters. The molecule has 0 amide bonds. The van der Waals surface area contributed by atoms with Crippen LogP contribution in [0.15, 0.2) is 0 Å². The molecule has 0 saturated heterocycles. The van der Waals surface area contributed by atoms with Crippen LogP contribution in [-0.2, 0) is 17.7 Å². The van der Waals surface area contributed by atoms with Gasteiger partial charge in [0.1, 0.15) is 0 Å². The number of nitrogens with one attached hydrogen (secondary N) is 1. The average Bonchev–Trinajstić information content (AvgIpc) is 2.69. The molecule has 0 saturated carbocycles. The van der Waals surface area contributed by atoms with Crippen molar-refractivity contribution in [2.75, 3.05) is 7.11 Å². The maximum atomic E-state index is 6.33. The molecule has 0 fully saturated rings. The SMILES string of the molecule is CCCC(OC)C(Cc1c(Cl)c(C)nn1CC)NN. The summed E-state index contributed by atoms with van der Waals surface area (Å²) in [6.07, 6.45) is 2.80. The van der Waals surface area contributed by atoms with E-state index in [2.05, 4.69) is 24.4 Å². The van der Waals surface area contributed by atoms with Gasteiger partial charge in [0.15, 0.2) is 0 Å². The monoisotopic (exact) mass is 288 g/mol. The first-order valence-corrected chi connectivity index (χ1v) is 7.17. The van der Waals surface area contributed by atoms with Crippen LogP contribution in [0.5, 0.6) is 0 Å². The molecule has 2 unspecified atom stereocenters. The fourth-order valence-electron chi connectivity index (χ4n) is 2.34. The number of halogens is 1. The first kappa shape index (κ1) is 16.4. The summed E-state index contributed by atoms with van der Waals surface area (Å²) in [5.41, 5.74) is 4.73. The summed E-state index contributed by atoms with van der Waals surface area (Å²) >= 11 is 6.33. The second-order valence-electron chi connectivity index (χ2n) is 4.70. The summed E-state index contributed by atoms with van der Waals surface area (Å²) in [7, 11) is 1.72. The normalized spacial score (nSPS) is 14.6. The van der Waals surface area contributed by atoms with Gasteiger partial charge in [-0.1, -0.05) is 24.9 Å². The van der Waals surface area contributed by atoms with Crippen molar-refractivity contribution >= 4 is 11.6 Å². The highest BCUT2D eigenvalue weighted by molar-refractivity contribution is 6.31. The molecular weight excluding hydrogens is 264 g/mol. The standard InChI is InChI=1S/C13H25ClN4O/c1-5-7-12(19-4)10(16-15)8-11-13(14)9(3)17-18(11)6-2/h10,12,16H,5-8,15H2,1-4H3. The molecule has 1 heterocycles. The van der Waals surface area contributed by atoms with E-state index in [4.69, 9.17) is 22.2 Å². The second-order valence-corrected chi connectivity index (χ2v) is 5.08. The smallest absolute Gasteiger partial charge is 0.0847 e. The molecule has 3 N–H and O–H groups in total. The minimum absolute atomic E-state index is 0.0313. The van der Waals surface area contributed by atoms with Gasteiger partial charge < -0.3 is 4.74 Å². The van der Waals surface area contributed by atoms with E-state index in [0.717, 1.165) is 35.8 Å². The van der Waals surface area contributed by atoms with E-state index < -0.39 is 0 Å². The number of methoxy groups -OCH3 is 1. The van der Waals surface area contributed by atoms with Crippen molar-refractivity contribution in [3.63, 3.8) is 0 Å². The predicted octanol–water partition coefficient (Wildman–Crippen LogP) is 2.05. The van der Waals surface area contributed by atoms with E-state index in [1.54, 1.807) is 7.11 Å². The molecule has 19 heavy (non-hydrogen) atoms. The lowest BCUT2D eigenvalue weighted by molar-refractivity contribution is 0.0603. The van der Waals surface area contributed by atoms with E-state index in [-0.39, 0.29) is 12.1 Å². The fraction of sp³-hybridized carbons (Fsp3) is 0.769. The molecule has 6 heteroatoms. The second kappa shape index (κ2) is 7.85. The third-order valence-electron chi connectivity index (χ3n) is 3.40. The van der Waals surface area contributed by atoms with Gasteiger partial charge in [0.25, 0.3) is 0 Å². The summed E-state index contributed by atoms with van der Waals surface area (Å²) in [5.74, 6) is 5.67. The van der Waals surface area contributed by atoms with Crippen molar-refractivity contribution < 1.29 is 4.74 Å². The van der Waals surface area contributed by atoms with Gasteiger partial charge in [0.2, 0.25) is 0 Å². The zero-order valence-electron chi connectivity index (χ0n) is 12.2. The van der Waals surface area contributed by atoms with Gasteiger partial charge in [0.05, 0.1) is 28.6 Å². The summed E-state index contributed by atoms with van der Waals surface area (Å²) in [5, 5.41) is 5.15. The number of nitrogens with zero attached hydrogens (tertiary/aromatic N) is 2. The van der Waals surface area contributed by atoms with Crippen LogP contribution in [0.25, 0.3) is 0 Å². The number of aryl methyl sites for hydroxylation is 2. The zero-order valence-corrected chi connectivity index (χ0v) is 13.0. The Kier molecular flexibility index (Phi) is 6.79. The van der Waals surface area contributed by atoms with Crippen LogP contribution in [0.3, 0.4) is 0 Å². The summed E-state index contributed by atoms with van der Waals surface area (Å²) in [6, 6.07) is 0.0313. The molecule has 0 radical (unpaired) electrons. The predicted molar refractivity (Wildman–Crippen MR) is 78.2 cm³/mol. The minimum Gasteiger partial charge on any atom is -0.380 e. The number of ether oxygens (including phenoxy) is 1. The van der Waals surface area contributed by atoms with Gasteiger partial charge in [-0.2, -0.15) is 5.10 Å². The van der Waals surface area contributed by atoms with Crippen LogP contribution < -0.4 is 11.3 Å². The summed E-state index contributed by atoms with van der Waals surface area (Å²) in [4.78, 5) is 0. The third-order valence-corrected chi connectivity index (χ3v) is 3.90. The van der Waals surface area contributed by atoms with Crippen LogP contribution in [0.1, 0.15) is 38.1 Å². The number of rotatable bonds is 8. The largest absolute Gasteiger partial charge is 0.380 e. The lowest BCUT2D eigenvalue weighted by Crippen LogP contribution is -2.46. The van der Waals surface area contributed by atoms with Crippen LogP contribution in [0.4, 0.5) is 0 Å². The van der Waals surface area contributed by atoms with Gasteiger partial charge in [-0.3, -0.25) is 16.0 Å². The molecule has 0 aliphatic carbocycles. The van der Waals surface area contributed by atoms with E-state index >= 15 is 0 Å². The van der Waals surface area contributed by atoms with Crippen molar-refractivity contribution in [3.8, 4) is 0 Å². The average molecular weight is 289 g/mol. The number of hydrogen-bond donors (Lipinski definition) is 2. The molecule has 0 aromatic carbocycles. The Morgan fingerprint density at radius 1 is 1.47 bits per heavy atom. The van der Waals surface area contributed by atoms with Gasteiger partial charge in [-0.05, 0) is 20.3 Å². The number of hydrazine groups is 1. The van der Waals surface area contributed by atoms with Crippen molar-refractivity contribution in [3.05, 3.63) is 16.4 Å². The first-order valence-electron chi connectivity index (χ1n) is 6.79. The van der Waals surface area contributed by atoms with Crippen molar-refractivity contribution in [2.24, 2.45) is 5.84 Å². The molecule has 0 spiro atoms. The summed E-state index contributed by atoms with van der Waals surface area (Å²) < 4.78 is 7.45. The van der Waals surface area contributed by atoms with E-state index in [1.807, 2.05) is 11.6 Å².